The van der Waals surface area contributed by atoms with Gasteiger partial charge in [0, 0.05) is 16.7 Å². The number of anilines is 1. The van der Waals surface area contributed by atoms with Crippen molar-refractivity contribution in [3.05, 3.63) is 34.7 Å². The molecule has 1 atom stereocenters. The quantitative estimate of drug-likeness (QED) is 0.833. The van der Waals surface area contributed by atoms with Crippen molar-refractivity contribution >= 4 is 21.7 Å². The van der Waals surface area contributed by atoms with Gasteiger partial charge in [-0.15, -0.1) is 0 Å². The summed E-state index contributed by atoms with van der Waals surface area (Å²) in [6, 6.07) is 1.73. The summed E-state index contributed by atoms with van der Waals surface area (Å²) in [4.78, 5) is 4.01. The zero-order chi connectivity index (χ0) is 10.7. The predicted molar refractivity (Wildman–Crippen MR) is 62.3 cm³/mol. The average Bonchev–Trinajstić information content (AvgIpc) is 2.24. The predicted octanol–water partition coefficient (Wildman–Crippen LogP) is 3.50. The minimum Gasteiger partial charge on any atom is -0.365 e. The van der Waals surface area contributed by atoms with E-state index >= 15 is 0 Å². The van der Waals surface area contributed by atoms with E-state index in [4.69, 9.17) is 0 Å². The summed E-state index contributed by atoms with van der Waals surface area (Å²) in [5, 5.41) is 3.12. The van der Waals surface area contributed by atoms with Crippen LogP contribution in [-0.4, -0.2) is 11.0 Å². The molecule has 0 radical (unpaired) electrons. The smallest absolute Gasteiger partial charge is 0.166 e. The molecule has 0 aliphatic heterocycles. The SMILES string of the molecule is Fc1cc(Br)cnc1NC1CC=CCC1. The molecular formula is C11H12BrFN2. The zero-order valence-electron chi connectivity index (χ0n) is 8.21. The lowest BCUT2D eigenvalue weighted by Crippen LogP contribution is -2.21. The van der Waals surface area contributed by atoms with Gasteiger partial charge in [0.2, 0.25) is 0 Å². The van der Waals surface area contributed by atoms with Crippen LogP contribution in [0.1, 0.15) is 19.3 Å². The topological polar surface area (TPSA) is 24.9 Å². The molecule has 2 nitrogen and oxygen atoms in total. The third-order valence-electron chi connectivity index (χ3n) is 2.42. The highest BCUT2D eigenvalue weighted by Gasteiger charge is 2.12. The number of hydrogen-bond donors (Lipinski definition) is 1. The van der Waals surface area contributed by atoms with Gasteiger partial charge in [-0.2, -0.15) is 0 Å². The van der Waals surface area contributed by atoms with Gasteiger partial charge in [0.25, 0.3) is 0 Å². The summed E-state index contributed by atoms with van der Waals surface area (Å²) in [5.41, 5.74) is 0. The van der Waals surface area contributed by atoms with Crippen LogP contribution in [0.4, 0.5) is 10.2 Å². The molecule has 0 fully saturated rings. The number of nitrogens with one attached hydrogen (secondary N) is 1. The largest absolute Gasteiger partial charge is 0.365 e. The maximum Gasteiger partial charge on any atom is 0.166 e. The standard InChI is InChI=1S/C11H12BrFN2/c12-8-6-10(13)11(14-7-8)15-9-4-2-1-3-5-9/h1-2,6-7,9H,3-5H2,(H,14,15). The molecule has 1 N–H and O–H groups in total. The van der Waals surface area contributed by atoms with E-state index < -0.39 is 0 Å². The number of pyridine rings is 1. The van der Waals surface area contributed by atoms with Crippen molar-refractivity contribution in [2.45, 2.75) is 25.3 Å². The molecule has 0 saturated carbocycles. The Kier molecular flexibility index (Phi) is 3.36. The molecule has 1 aliphatic carbocycles. The molecule has 15 heavy (non-hydrogen) atoms. The Balaban J connectivity index is 2.06. The molecule has 0 amide bonds. The number of nitrogens with zero attached hydrogens (tertiary/aromatic N) is 1. The Bertz CT molecular complexity index is 379. The van der Waals surface area contributed by atoms with Crippen LogP contribution in [0.5, 0.6) is 0 Å². The third kappa shape index (κ3) is 2.78. The first-order valence-corrected chi connectivity index (χ1v) is 5.77. The van der Waals surface area contributed by atoms with Crippen LogP contribution in [-0.2, 0) is 0 Å². The molecule has 0 aromatic carbocycles. The molecular weight excluding hydrogens is 259 g/mol. The molecule has 1 aromatic heterocycles. The van der Waals surface area contributed by atoms with Gasteiger partial charge in [0.05, 0.1) is 0 Å². The Morgan fingerprint density at radius 3 is 3.00 bits per heavy atom. The van der Waals surface area contributed by atoms with Gasteiger partial charge in [-0.05, 0) is 41.3 Å². The fourth-order valence-corrected chi connectivity index (χ4v) is 1.94. The van der Waals surface area contributed by atoms with Crippen LogP contribution in [0.3, 0.4) is 0 Å². The van der Waals surface area contributed by atoms with E-state index in [1.807, 2.05) is 0 Å². The summed E-state index contributed by atoms with van der Waals surface area (Å²) < 4.78 is 14.1. The second kappa shape index (κ2) is 4.75. The lowest BCUT2D eigenvalue weighted by Gasteiger charge is -2.20. The maximum absolute atomic E-state index is 13.4. The van der Waals surface area contributed by atoms with Crippen molar-refractivity contribution in [1.29, 1.82) is 0 Å². The number of hydrogen-bond acceptors (Lipinski definition) is 2. The van der Waals surface area contributed by atoms with Gasteiger partial charge in [-0.1, -0.05) is 12.2 Å². The van der Waals surface area contributed by atoms with Crippen LogP contribution in [0.25, 0.3) is 0 Å². The summed E-state index contributed by atoms with van der Waals surface area (Å²) in [7, 11) is 0. The minimum absolute atomic E-state index is 0.304. The van der Waals surface area contributed by atoms with E-state index in [0.29, 0.717) is 16.3 Å². The normalized spacial score (nSPS) is 20.3. The van der Waals surface area contributed by atoms with Crippen LogP contribution in [0, 0.1) is 5.82 Å². The number of allylic oxidation sites excluding steroid dienone is 1. The highest BCUT2D eigenvalue weighted by molar-refractivity contribution is 9.10. The number of rotatable bonds is 2. The van der Waals surface area contributed by atoms with E-state index in [2.05, 4.69) is 38.4 Å². The lowest BCUT2D eigenvalue weighted by atomic mass is 10.0. The van der Waals surface area contributed by atoms with E-state index in [9.17, 15) is 4.39 Å². The zero-order valence-corrected chi connectivity index (χ0v) is 9.80. The molecule has 0 spiro atoms. The van der Waals surface area contributed by atoms with Gasteiger partial charge >= 0.3 is 0 Å². The van der Waals surface area contributed by atoms with E-state index in [1.165, 1.54) is 6.07 Å². The number of aromatic nitrogens is 1. The third-order valence-corrected chi connectivity index (χ3v) is 2.85. The van der Waals surface area contributed by atoms with Crippen molar-refractivity contribution in [3.8, 4) is 0 Å². The summed E-state index contributed by atoms with van der Waals surface area (Å²) in [6.45, 7) is 0. The van der Waals surface area contributed by atoms with Gasteiger partial charge in [0.1, 0.15) is 0 Å². The average molecular weight is 271 g/mol. The first-order valence-electron chi connectivity index (χ1n) is 4.98. The molecule has 4 heteroatoms. The fourth-order valence-electron chi connectivity index (χ4n) is 1.64. The molecule has 2 rings (SSSR count). The lowest BCUT2D eigenvalue weighted by molar-refractivity contribution is 0.601. The fraction of sp³-hybridized carbons (Fsp3) is 0.364. The molecule has 0 bridgehead atoms. The van der Waals surface area contributed by atoms with E-state index in [-0.39, 0.29) is 5.82 Å². The van der Waals surface area contributed by atoms with Crippen molar-refractivity contribution in [2.75, 3.05) is 5.32 Å². The van der Waals surface area contributed by atoms with Crippen molar-refractivity contribution in [2.24, 2.45) is 0 Å². The molecule has 0 saturated heterocycles. The second-order valence-corrected chi connectivity index (χ2v) is 4.53. The van der Waals surface area contributed by atoms with Crippen LogP contribution < -0.4 is 5.32 Å². The first kappa shape index (κ1) is 10.6. The van der Waals surface area contributed by atoms with E-state index in [1.54, 1.807) is 6.20 Å². The van der Waals surface area contributed by atoms with Crippen LogP contribution in [0.2, 0.25) is 0 Å². The summed E-state index contributed by atoms with van der Waals surface area (Å²) in [5.74, 6) is 0.0393. The van der Waals surface area contributed by atoms with Crippen LogP contribution >= 0.6 is 15.9 Å². The van der Waals surface area contributed by atoms with Crippen molar-refractivity contribution in [1.82, 2.24) is 4.98 Å². The van der Waals surface area contributed by atoms with E-state index in [0.717, 1.165) is 19.3 Å². The van der Waals surface area contributed by atoms with Gasteiger partial charge in [0.15, 0.2) is 11.6 Å². The highest BCUT2D eigenvalue weighted by atomic mass is 79.9. The van der Waals surface area contributed by atoms with Gasteiger partial charge in [-0.3, -0.25) is 0 Å². The Labute approximate surface area is 96.7 Å². The van der Waals surface area contributed by atoms with Gasteiger partial charge in [-0.25, -0.2) is 9.37 Å². The van der Waals surface area contributed by atoms with Crippen molar-refractivity contribution < 1.29 is 4.39 Å². The second-order valence-electron chi connectivity index (χ2n) is 3.61. The number of halogens is 2. The summed E-state index contributed by atoms with van der Waals surface area (Å²) >= 11 is 3.18. The highest BCUT2D eigenvalue weighted by Crippen LogP contribution is 2.20. The molecule has 1 unspecified atom stereocenters. The van der Waals surface area contributed by atoms with Crippen molar-refractivity contribution in [3.63, 3.8) is 0 Å². The maximum atomic E-state index is 13.4. The molecule has 1 aliphatic rings. The minimum atomic E-state index is -0.307. The molecule has 80 valence electrons. The monoisotopic (exact) mass is 270 g/mol. The van der Waals surface area contributed by atoms with Crippen LogP contribution in [0.15, 0.2) is 28.9 Å². The Morgan fingerprint density at radius 1 is 1.47 bits per heavy atom. The Hall–Kier alpha value is -0.900. The van der Waals surface area contributed by atoms with Gasteiger partial charge < -0.3 is 5.32 Å². The molecule has 1 aromatic rings. The summed E-state index contributed by atoms with van der Waals surface area (Å²) in [6.07, 6.45) is 8.91. The molecule has 1 heterocycles. The Morgan fingerprint density at radius 2 is 2.33 bits per heavy atom. The first-order chi connectivity index (χ1) is 7.25.